The lowest BCUT2D eigenvalue weighted by molar-refractivity contribution is -0.108. The lowest BCUT2D eigenvalue weighted by atomic mass is 9.45. The van der Waals surface area contributed by atoms with Crippen molar-refractivity contribution in [2.45, 2.75) is 78.7 Å². The second kappa shape index (κ2) is 13.7. The molecule has 2 bridgehead atoms. The molecular weight excluding hydrogens is 657 g/mol. The third kappa shape index (κ3) is 6.93. The number of guanidine groups is 1. The summed E-state index contributed by atoms with van der Waals surface area (Å²) < 4.78 is 7.93. The second-order valence-corrected chi connectivity index (χ2v) is 16.5. The van der Waals surface area contributed by atoms with Crippen LogP contribution in [0, 0.1) is 23.2 Å². The number of nitrogens with zero attached hydrogens (tertiary/aromatic N) is 6. The Kier molecular flexibility index (Phi) is 9.67. The third-order valence-electron chi connectivity index (χ3n) is 11.9. The van der Waals surface area contributed by atoms with E-state index in [0.29, 0.717) is 57.1 Å². The highest BCUT2D eigenvalue weighted by molar-refractivity contribution is 6.35. The molecule has 3 aromatic rings. The number of fused-ring (bicyclic) bond motifs is 3. The maximum absolute atomic E-state index is 14.2. The summed E-state index contributed by atoms with van der Waals surface area (Å²) in [6.07, 6.45) is 3.26. The number of ether oxygens (including phenoxy) is 1. The molecule has 3 saturated carbocycles. The van der Waals surface area contributed by atoms with Crippen molar-refractivity contribution in [2.75, 3.05) is 56.5 Å². The maximum Gasteiger partial charge on any atom is 0.262 e. The summed E-state index contributed by atoms with van der Waals surface area (Å²) in [5, 5.41) is 5.53. The predicted molar refractivity (Wildman–Crippen MR) is 201 cm³/mol. The average Bonchev–Trinajstić information content (AvgIpc) is 3.05. The van der Waals surface area contributed by atoms with E-state index in [1.165, 1.54) is 6.42 Å². The molecule has 2 saturated heterocycles. The number of hydrogen-bond acceptors (Lipinski definition) is 6. The molecule has 0 radical (unpaired) electrons. The summed E-state index contributed by atoms with van der Waals surface area (Å²) in [5.41, 5.74) is 2.88. The first-order valence-electron chi connectivity index (χ1n) is 18.0. The number of hydrogen-bond donors (Lipinski definition) is 1. The Labute approximate surface area is 300 Å². The molecule has 264 valence electrons. The fourth-order valence-corrected chi connectivity index (χ4v) is 9.32. The van der Waals surface area contributed by atoms with Crippen LogP contribution >= 0.6 is 23.2 Å². The van der Waals surface area contributed by atoms with Crippen LogP contribution in [0.1, 0.15) is 53.0 Å². The number of halogens is 2. The first-order chi connectivity index (χ1) is 23.4. The summed E-state index contributed by atoms with van der Waals surface area (Å²) in [5.74, 6) is 3.56. The van der Waals surface area contributed by atoms with E-state index in [1.54, 1.807) is 6.07 Å². The predicted octanol–water partition coefficient (Wildman–Crippen LogP) is 6.65. The van der Waals surface area contributed by atoms with Gasteiger partial charge in [-0.1, -0.05) is 50.0 Å². The maximum atomic E-state index is 14.2. The van der Waals surface area contributed by atoms with Gasteiger partial charge in [0, 0.05) is 61.5 Å². The number of anilines is 2. The van der Waals surface area contributed by atoms with Crippen LogP contribution < -0.4 is 15.8 Å². The Morgan fingerprint density at radius 2 is 1.76 bits per heavy atom. The molecule has 3 heterocycles. The zero-order valence-electron chi connectivity index (χ0n) is 29.8. The number of likely N-dealkylation sites (N-methyl/N-ethyl adjacent to an activating group) is 1. The van der Waals surface area contributed by atoms with Crippen molar-refractivity contribution in [3.8, 4) is 0 Å². The molecule has 2 aromatic carbocycles. The molecule has 2 aliphatic heterocycles. The molecule has 9 nitrogen and oxygen atoms in total. The Morgan fingerprint density at radius 3 is 2.43 bits per heavy atom. The summed E-state index contributed by atoms with van der Waals surface area (Å²) in [4.78, 5) is 31.8. The van der Waals surface area contributed by atoms with Crippen LogP contribution in [0.5, 0.6) is 0 Å². The highest BCUT2D eigenvalue weighted by Crippen LogP contribution is 2.61. The number of benzene rings is 2. The fourth-order valence-electron chi connectivity index (χ4n) is 8.82. The quantitative estimate of drug-likeness (QED) is 0.227. The van der Waals surface area contributed by atoms with E-state index in [-0.39, 0.29) is 23.8 Å². The van der Waals surface area contributed by atoms with Crippen LogP contribution in [0.25, 0.3) is 10.9 Å². The summed E-state index contributed by atoms with van der Waals surface area (Å²) >= 11 is 12.7. The first-order valence-corrected chi connectivity index (χ1v) is 18.8. The Balaban J connectivity index is 1.22. The average molecular weight is 709 g/mol. The van der Waals surface area contributed by atoms with Crippen molar-refractivity contribution in [1.29, 1.82) is 0 Å². The van der Waals surface area contributed by atoms with Gasteiger partial charge in [-0.05, 0) is 99.2 Å². The van der Waals surface area contributed by atoms with Crippen molar-refractivity contribution < 1.29 is 4.74 Å². The van der Waals surface area contributed by atoms with Gasteiger partial charge < -0.3 is 24.8 Å². The molecule has 0 unspecified atom stereocenters. The number of piperazine rings is 1. The van der Waals surface area contributed by atoms with Gasteiger partial charge in [-0.15, -0.1) is 0 Å². The van der Waals surface area contributed by atoms with Gasteiger partial charge in [0.1, 0.15) is 0 Å². The minimum atomic E-state index is -0.0434. The molecule has 0 amide bonds. The summed E-state index contributed by atoms with van der Waals surface area (Å²) in [6, 6.07) is 11.7. The molecule has 1 aromatic heterocycles. The van der Waals surface area contributed by atoms with Gasteiger partial charge in [0.2, 0.25) is 5.95 Å². The fraction of sp³-hybridized carbons (Fsp3) is 0.605. The minimum absolute atomic E-state index is 0.0434. The first kappa shape index (κ1) is 34.6. The summed E-state index contributed by atoms with van der Waals surface area (Å²) in [7, 11) is 2.13. The molecule has 1 N–H and O–H groups in total. The largest absolute Gasteiger partial charge is 0.372 e. The van der Waals surface area contributed by atoms with Crippen LogP contribution in [0.3, 0.4) is 0 Å². The van der Waals surface area contributed by atoms with Crippen LogP contribution in [0.15, 0.2) is 46.2 Å². The van der Waals surface area contributed by atoms with E-state index in [2.05, 4.69) is 61.7 Å². The van der Waals surface area contributed by atoms with Gasteiger partial charge in [-0.25, -0.2) is 9.98 Å². The van der Waals surface area contributed by atoms with Crippen molar-refractivity contribution in [2.24, 2.45) is 28.2 Å². The van der Waals surface area contributed by atoms with Gasteiger partial charge in [0.25, 0.3) is 5.56 Å². The Hall–Kier alpha value is -2.85. The summed E-state index contributed by atoms with van der Waals surface area (Å²) in [6.45, 7) is 17.0. The van der Waals surface area contributed by atoms with Crippen LogP contribution in [0.4, 0.5) is 11.6 Å². The van der Waals surface area contributed by atoms with Crippen molar-refractivity contribution >= 4 is 51.7 Å². The minimum Gasteiger partial charge on any atom is -0.372 e. The van der Waals surface area contributed by atoms with Crippen molar-refractivity contribution in [1.82, 2.24) is 19.4 Å². The number of rotatable bonds is 6. The van der Waals surface area contributed by atoms with E-state index in [0.717, 1.165) is 68.8 Å². The topological polar surface area (TPSA) is 78.2 Å². The standard InChI is InChI=1S/C38H51Cl2N7O2/c1-23-21-46(22-24(2)49-23)36(42-33-18-27-17-31(25(33)3)38(27,4)5)41-29-9-10-30-34(20-29)43-37(45-15-13-44(6)14-16-45)47(35(30)48)12-11-26-7-8-28(39)19-32(26)40/h7-10,19-20,23-25,27,31,33H,11-18,21-22H2,1-6H3,(H,41,42)/t23-,24+,25-,27-,31-,33+/m1/s1. The molecular formula is C38H51Cl2N7O2. The van der Waals surface area contributed by atoms with Gasteiger partial charge in [-0.2, -0.15) is 0 Å². The highest BCUT2D eigenvalue weighted by atomic mass is 35.5. The number of aromatic nitrogens is 2. The number of nitrogens with one attached hydrogen (secondary N) is 1. The van der Waals surface area contributed by atoms with Gasteiger partial charge in [-0.3, -0.25) is 9.36 Å². The van der Waals surface area contributed by atoms with E-state index < -0.39 is 0 Å². The number of morpholine rings is 1. The SMILES string of the molecule is C[C@H]1[C@@H](N=C(Nc2ccc3c(=O)n(CCc4ccc(Cl)cc4Cl)c(N4CCN(C)CC4)nc3c2)N2C[C@@H](C)O[C@@H](C)C2)C[C@H]2C[C@H]1C2(C)C. The molecule has 11 heteroatoms. The molecule has 5 aliphatic rings. The zero-order chi connectivity index (χ0) is 34.6. The smallest absolute Gasteiger partial charge is 0.262 e. The van der Waals surface area contributed by atoms with Gasteiger partial charge in [0.15, 0.2) is 5.96 Å². The normalized spacial score (nSPS) is 28.9. The van der Waals surface area contributed by atoms with E-state index in [1.807, 2.05) is 34.9 Å². The Bertz CT molecular complexity index is 1780. The molecule has 8 rings (SSSR count). The van der Waals surface area contributed by atoms with Crippen LogP contribution in [0.2, 0.25) is 10.0 Å². The van der Waals surface area contributed by atoms with E-state index >= 15 is 0 Å². The van der Waals surface area contributed by atoms with Crippen LogP contribution in [-0.2, 0) is 17.7 Å². The molecule has 6 atom stereocenters. The van der Waals surface area contributed by atoms with Crippen molar-refractivity contribution in [3.05, 3.63) is 62.4 Å². The number of aliphatic imine (C=N–C) groups is 1. The van der Waals surface area contributed by atoms with Crippen molar-refractivity contribution in [3.63, 3.8) is 0 Å². The lowest BCUT2D eigenvalue weighted by Crippen LogP contribution is -2.57. The molecule has 3 aliphatic carbocycles. The monoisotopic (exact) mass is 707 g/mol. The van der Waals surface area contributed by atoms with E-state index in [9.17, 15) is 4.79 Å². The zero-order valence-corrected chi connectivity index (χ0v) is 31.3. The Morgan fingerprint density at radius 1 is 1.02 bits per heavy atom. The van der Waals surface area contributed by atoms with Gasteiger partial charge >= 0.3 is 0 Å². The molecule has 0 spiro atoms. The van der Waals surface area contributed by atoms with Gasteiger partial charge in [0.05, 0.1) is 29.2 Å². The van der Waals surface area contributed by atoms with Crippen LogP contribution in [-0.4, -0.2) is 89.9 Å². The highest BCUT2D eigenvalue weighted by Gasteiger charge is 2.56. The lowest BCUT2D eigenvalue weighted by Gasteiger charge is -2.61. The third-order valence-corrected chi connectivity index (χ3v) is 12.5. The second-order valence-electron chi connectivity index (χ2n) is 15.6. The van der Waals surface area contributed by atoms with E-state index in [4.69, 9.17) is 37.9 Å². The molecule has 5 fully saturated rings. The number of aryl methyl sites for hydroxylation is 1. The molecule has 49 heavy (non-hydrogen) atoms.